The molecule has 2 N–H and O–H groups in total. The lowest BCUT2D eigenvalue weighted by atomic mass is 9.85. The van der Waals surface area contributed by atoms with Crippen molar-refractivity contribution in [3.05, 3.63) is 206 Å². The van der Waals surface area contributed by atoms with E-state index >= 15 is 0 Å². The summed E-state index contributed by atoms with van der Waals surface area (Å²) in [5, 5.41) is 23.7. The van der Waals surface area contributed by atoms with E-state index in [-0.39, 0.29) is 0 Å². The average Bonchev–Trinajstić information content (AvgIpc) is 3.25. The minimum Gasteiger partial charge on any atom is -0.298 e. The number of hydrogen-bond donors (Lipinski definition) is 2. The zero-order chi connectivity index (χ0) is 36.7. The van der Waals surface area contributed by atoms with Crippen molar-refractivity contribution in [2.45, 2.75) is 0 Å². The molecule has 0 spiro atoms. The smallest absolute Gasteiger partial charge is 0.109 e. The largest absolute Gasteiger partial charge is 0.298 e. The average molecular weight is 703 g/mol. The molecule has 258 valence electrons. The minimum absolute atomic E-state index is 0.371. The van der Waals surface area contributed by atoms with Gasteiger partial charge >= 0.3 is 0 Å². The second kappa shape index (κ2) is 13.5. The molecule has 0 bridgehead atoms. The van der Waals surface area contributed by atoms with Crippen LogP contribution in [0.25, 0.3) is 76.5 Å². The van der Waals surface area contributed by atoms with Crippen LogP contribution in [0.3, 0.4) is 0 Å². The normalized spacial score (nSPS) is 13.7. The lowest BCUT2D eigenvalue weighted by Gasteiger charge is -2.20. The maximum atomic E-state index is 9.49. The Morgan fingerprint density at radius 3 is 1.58 bits per heavy atom. The van der Waals surface area contributed by atoms with E-state index in [0.29, 0.717) is 11.4 Å². The number of rotatable bonds is 6. The number of aromatic nitrogens is 1. The fourth-order valence-corrected chi connectivity index (χ4v) is 8.12. The van der Waals surface area contributed by atoms with Crippen molar-refractivity contribution < 1.29 is 0 Å². The Morgan fingerprint density at radius 2 is 0.982 bits per heavy atom. The van der Waals surface area contributed by atoms with Crippen LogP contribution >= 0.6 is 0 Å². The molecule has 1 aliphatic rings. The zero-order valence-corrected chi connectivity index (χ0v) is 29.9. The van der Waals surface area contributed by atoms with Gasteiger partial charge in [-0.05, 0) is 107 Å². The van der Waals surface area contributed by atoms with Crippen LogP contribution in [0, 0.1) is 5.41 Å². The number of pyridine rings is 1. The maximum Gasteiger partial charge on any atom is 0.109 e. The molecule has 0 radical (unpaired) electrons. The predicted octanol–water partition coefficient (Wildman–Crippen LogP) is 13.0. The highest BCUT2D eigenvalue weighted by Gasteiger charge is 2.22. The van der Waals surface area contributed by atoms with Crippen LogP contribution in [-0.2, 0) is 0 Å². The summed E-state index contributed by atoms with van der Waals surface area (Å²) >= 11 is 0. The molecule has 0 saturated carbocycles. The summed E-state index contributed by atoms with van der Waals surface area (Å²) < 4.78 is 0. The van der Waals surface area contributed by atoms with Gasteiger partial charge in [0.15, 0.2) is 0 Å². The van der Waals surface area contributed by atoms with E-state index < -0.39 is 0 Å². The van der Waals surface area contributed by atoms with Gasteiger partial charge in [-0.3, -0.25) is 15.8 Å². The van der Waals surface area contributed by atoms with Gasteiger partial charge in [0, 0.05) is 23.5 Å². The van der Waals surface area contributed by atoms with Crippen molar-refractivity contribution >= 4 is 71.3 Å². The lowest BCUT2D eigenvalue weighted by Crippen LogP contribution is -2.18. The molecule has 0 unspecified atom stereocenters. The van der Waals surface area contributed by atoms with Gasteiger partial charge in [0.25, 0.3) is 0 Å². The van der Waals surface area contributed by atoms with E-state index in [4.69, 9.17) is 5.10 Å². The summed E-state index contributed by atoms with van der Waals surface area (Å²) in [7, 11) is 0. The van der Waals surface area contributed by atoms with Crippen LogP contribution in [0.2, 0.25) is 0 Å². The number of anilines is 1. The molecule has 1 heterocycles. The number of hydrogen-bond acceptors (Lipinski definition) is 4. The molecule has 0 saturated heterocycles. The summed E-state index contributed by atoms with van der Waals surface area (Å²) in [6.07, 6.45) is 7.94. The standard InChI is InChI=1S/C51H34N4/c52-51-47(42-24-10-15-34-13-2-4-18-40(34)42)30-37(41-23-9-14-33-12-1-3-17-39(33)41)31-48(51)55-54-38-27-25-35(26-28-38)49-43-19-5-7-21-45(43)50(36-16-11-29-53-32-36)46-22-8-6-20-44(46)49/h1-32,52,54H/b52-51?,55-48-. The molecule has 9 aromatic rings. The van der Waals surface area contributed by atoms with Crippen molar-refractivity contribution in [2.24, 2.45) is 5.10 Å². The van der Waals surface area contributed by atoms with E-state index in [1.165, 1.54) is 38.1 Å². The van der Waals surface area contributed by atoms with Crippen LogP contribution < -0.4 is 5.43 Å². The van der Waals surface area contributed by atoms with E-state index in [9.17, 15) is 5.41 Å². The number of fused-ring (bicyclic) bond motifs is 4. The number of benzene rings is 8. The first-order valence-corrected chi connectivity index (χ1v) is 18.5. The van der Waals surface area contributed by atoms with Crippen LogP contribution in [-0.4, -0.2) is 16.4 Å². The SMILES string of the molecule is N=C1C(c2cccc3ccccc23)=CC(c2cccc3ccccc23)=C/C1=N/Nc1ccc(-c2c3ccccc3c(-c3cccnc3)c3ccccc23)cc1. The Hall–Kier alpha value is -7.43. The molecule has 1 aromatic heterocycles. The van der Waals surface area contributed by atoms with Crippen molar-refractivity contribution in [1.82, 2.24) is 4.98 Å². The first-order valence-electron chi connectivity index (χ1n) is 18.5. The Balaban J connectivity index is 1.06. The highest BCUT2D eigenvalue weighted by molar-refractivity contribution is 6.63. The van der Waals surface area contributed by atoms with Crippen LogP contribution in [0.5, 0.6) is 0 Å². The highest BCUT2D eigenvalue weighted by Crippen LogP contribution is 2.43. The van der Waals surface area contributed by atoms with Gasteiger partial charge < -0.3 is 0 Å². The fraction of sp³-hybridized carbons (Fsp3) is 0. The second-order valence-electron chi connectivity index (χ2n) is 13.9. The second-order valence-corrected chi connectivity index (χ2v) is 13.9. The fourth-order valence-electron chi connectivity index (χ4n) is 8.12. The Kier molecular flexibility index (Phi) is 7.93. The third-order valence-corrected chi connectivity index (χ3v) is 10.7. The van der Waals surface area contributed by atoms with Crippen molar-refractivity contribution in [2.75, 3.05) is 5.43 Å². The molecule has 10 rings (SSSR count). The van der Waals surface area contributed by atoms with E-state index in [1.54, 1.807) is 0 Å². The molecule has 4 nitrogen and oxygen atoms in total. The molecule has 1 aliphatic carbocycles. The Bertz CT molecular complexity index is 3000. The number of nitrogens with zero attached hydrogens (tertiary/aromatic N) is 2. The van der Waals surface area contributed by atoms with Gasteiger partial charge in [-0.25, -0.2) is 0 Å². The summed E-state index contributed by atoms with van der Waals surface area (Å²) in [6, 6.07) is 59.4. The van der Waals surface area contributed by atoms with Crippen molar-refractivity contribution in [3.63, 3.8) is 0 Å². The monoisotopic (exact) mass is 702 g/mol. The zero-order valence-electron chi connectivity index (χ0n) is 29.9. The molecule has 55 heavy (non-hydrogen) atoms. The summed E-state index contributed by atoms with van der Waals surface area (Å²) in [4.78, 5) is 4.45. The molecule has 0 fully saturated rings. The highest BCUT2D eigenvalue weighted by atomic mass is 15.3. The van der Waals surface area contributed by atoms with Crippen molar-refractivity contribution in [3.8, 4) is 22.3 Å². The molecule has 0 amide bonds. The van der Waals surface area contributed by atoms with Gasteiger partial charge in [0.05, 0.1) is 11.4 Å². The lowest BCUT2D eigenvalue weighted by molar-refractivity contribution is 1.33. The van der Waals surface area contributed by atoms with Gasteiger partial charge in [-0.2, -0.15) is 5.10 Å². The molecular formula is C51H34N4. The van der Waals surface area contributed by atoms with Crippen molar-refractivity contribution in [1.29, 1.82) is 5.41 Å². The Morgan fingerprint density at radius 1 is 0.455 bits per heavy atom. The van der Waals surface area contributed by atoms with Gasteiger partial charge in [0.1, 0.15) is 5.71 Å². The first-order chi connectivity index (χ1) is 27.2. The third kappa shape index (κ3) is 5.68. The van der Waals surface area contributed by atoms with Gasteiger partial charge in [-0.1, -0.05) is 152 Å². The minimum atomic E-state index is 0.371. The van der Waals surface area contributed by atoms with Crippen LogP contribution in [0.1, 0.15) is 11.1 Å². The van der Waals surface area contributed by atoms with Gasteiger partial charge in [-0.15, -0.1) is 0 Å². The summed E-state index contributed by atoms with van der Waals surface area (Å²) in [5.74, 6) is 0. The van der Waals surface area contributed by atoms with Crippen LogP contribution in [0.15, 0.2) is 200 Å². The number of nitrogens with one attached hydrogen (secondary N) is 2. The summed E-state index contributed by atoms with van der Waals surface area (Å²) in [6.45, 7) is 0. The quantitative estimate of drug-likeness (QED) is 0.103. The van der Waals surface area contributed by atoms with E-state index in [0.717, 1.165) is 55.2 Å². The number of allylic oxidation sites excluding steroid dienone is 4. The Labute approximate surface area is 319 Å². The number of hydrazone groups is 1. The predicted molar refractivity (Wildman–Crippen MR) is 233 cm³/mol. The maximum absolute atomic E-state index is 9.49. The molecule has 0 atom stereocenters. The van der Waals surface area contributed by atoms with Crippen LogP contribution in [0.4, 0.5) is 5.69 Å². The molecule has 0 aliphatic heterocycles. The van der Waals surface area contributed by atoms with E-state index in [1.807, 2.05) is 24.5 Å². The summed E-state index contributed by atoms with van der Waals surface area (Å²) in [5.41, 5.74) is 13.7. The van der Waals surface area contributed by atoms with E-state index in [2.05, 4.69) is 180 Å². The first kappa shape index (κ1) is 32.2. The molecule has 4 heteroatoms. The molecular weight excluding hydrogens is 669 g/mol. The molecule has 8 aromatic carbocycles. The van der Waals surface area contributed by atoms with Gasteiger partial charge in [0.2, 0.25) is 0 Å². The third-order valence-electron chi connectivity index (χ3n) is 10.7. The topological polar surface area (TPSA) is 61.1 Å².